The van der Waals surface area contributed by atoms with Crippen molar-refractivity contribution in [2.75, 3.05) is 12.4 Å². The van der Waals surface area contributed by atoms with Gasteiger partial charge in [-0.25, -0.2) is 8.78 Å². The number of anilines is 1. The molecule has 0 radical (unpaired) electrons. The van der Waals surface area contributed by atoms with Crippen molar-refractivity contribution in [1.29, 1.82) is 0 Å². The molecule has 0 aliphatic carbocycles. The van der Waals surface area contributed by atoms with Gasteiger partial charge in [-0.3, -0.25) is 0 Å². The lowest BCUT2D eigenvalue weighted by Crippen LogP contribution is -2.32. The average Bonchev–Trinajstić information content (AvgIpc) is 2.56. The number of methoxy groups -OCH3 is 1. The summed E-state index contributed by atoms with van der Waals surface area (Å²) in [5.74, 6) is -0.615. The van der Waals surface area contributed by atoms with Crippen LogP contribution < -0.4 is 15.4 Å². The SMILES string of the molecule is CC[C@@H](NC(=S)Nc1c(F)cccc1F)c1ccc(OC)cc1. The molecule has 0 aliphatic heterocycles. The first-order valence-electron chi connectivity index (χ1n) is 7.20. The monoisotopic (exact) mass is 336 g/mol. The Morgan fingerprint density at radius 2 is 1.74 bits per heavy atom. The van der Waals surface area contributed by atoms with Gasteiger partial charge in [-0.05, 0) is 48.5 Å². The van der Waals surface area contributed by atoms with Gasteiger partial charge in [0.1, 0.15) is 23.1 Å². The Labute approximate surface area is 139 Å². The Bertz CT molecular complexity index is 657. The van der Waals surface area contributed by atoms with Crippen molar-refractivity contribution in [3.8, 4) is 5.75 Å². The predicted octanol–water partition coefficient (Wildman–Crippen LogP) is 4.41. The van der Waals surface area contributed by atoms with Crippen molar-refractivity contribution in [2.24, 2.45) is 0 Å². The summed E-state index contributed by atoms with van der Waals surface area (Å²) >= 11 is 5.17. The lowest BCUT2D eigenvalue weighted by atomic mass is 10.0. The molecule has 2 aromatic carbocycles. The standard InChI is InChI=1S/C17H18F2N2OS/c1-3-15(11-7-9-12(22-2)10-8-11)20-17(23)21-16-13(18)5-4-6-14(16)19/h4-10,15H,3H2,1-2H3,(H2,20,21,23)/t15-/m1/s1. The lowest BCUT2D eigenvalue weighted by Gasteiger charge is -2.20. The van der Waals surface area contributed by atoms with E-state index in [1.54, 1.807) is 7.11 Å². The van der Waals surface area contributed by atoms with Gasteiger partial charge in [-0.15, -0.1) is 0 Å². The van der Waals surface area contributed by atoms with E-state index in [2.05, 4.69) is 10.6 Å². The Hall–Kier alpha value is -2.21. The molecule has 6 heteroatoms. The first kappa shape index (κ1) is 17.1. The number of rotatable bonds is 5. The van der Waals surface area contributed by atoms with Crippen LogP contribution in [0.5, 0.6) is 5.75 Å². The zero-order chi connectivity index (χ0) is 16.8. The van der Waals surface area contributed by atoms with Crippen molar-refractivity contribution < 1.29 is 13.5 Å². The Morgan fingerprint density at radius 1 is 1.13 bits per heavy atom. The normalized spacial score (nSPS) is 11.7. The highest BCUT2D eigenvalue weighted by Crippen LogP contribution is 2.21. The summed E-state index contributed by atoms with van der Waals surface area (Å²) in [6, 6.07) is 11.1. The molecule has 0 fully saturated rings. The van der Waals surface area contributed by atoms with E-state index < -0.39 is 11.6 Å². The summed E-state index contributed by atoms with van der Waals surface area (Å²) in [5, 5.41) is 5.81. The van der Waals surface area contributed by atoms with Gasteiger partial charge in [-0.1, -0.05) is 25.1 Å². The fraction of sp³-hybridized carbons (Fsp3) is 0.235. The second kappa shape index (κ2) is 7.87. The van der Waals surface area contributed by atoms with Crippen molar-refractivity contribution >= 4 is 23.0 Å². The number of nitrogens with one attached hydrogen (secondary N) is 2. The number of ether oxygens (including phenoxy) is 1. The molecule has 0 heterocycles. The molecule has 23 heavy (non-hydrogen) atoms. The van der Waals surface area contributed by atoms with Crippen LogP contribution >= 0.6 is 12.2 Å². The molecule has 2 aromatic rings. The van der Waals surface area contributed by atoms with E-state index in [-0.39, 0.29) is 16.8 Å². The highest BCUT2D eigenvalue weighted by Gasteiger charge is 2.14. The maximum Gasteiger partial charge on any atom is 0.171 e. The fourth-order valence-corrected chi connectivity index (χ4v) is 2.43. The molecular weight excluding hydrogens is 318 g/mol. The summed E-state index contributed by atoms with van der Waals surface area (Å²) < 4.78 is 32.4. The second-order valence-electron chi connectivity index (χ2n) is 4.93. The van der Waals surface area contributed by atoms with Crippen LogP contribution in [0.3, 0.4) is 0 Å². The molecule has 122 valence electrons. The quantitative estimate of drug-likeness (QED) is 0.793. The first-order valence-corrected chi connectivity index (χ1v) is 7.61. The number of halogens is 2. The number of hydrogen-bond donors (Lipinski definition) is 2. The maximum absolute atomic E-state index is 13.6. The van der Waals surface area contributed by atoms with Crippen LogP contribution in [0.2, 0.25) is 0 Å². The largest absolute Gasteiger partial charge is 0.497 e. The smallest absolute Gasteiger partial charge is 0.171 e. The summed E-state index contributed by atoms with van der Waals surface area (Å²) in [6.45, 7) is 1.99. The van der Waals surface area contributed by atoms with Crippen LogP contribution in [0.1, 0.15) is 24.9 Å². The lowest BCUT2D eigenvalue weighted by molar-refractivity contribution is 0.414. The maximum atomic E-state index is 13.6. The summed E-state index contributed by atoms with van der Waals surface area (Å²) in [7, 11) is 1.60. The first-order chi connectivity index (χ1) is 11.0. The molecule has 2 rings (SSSR count). The van der Waals surface area contributed by atoms with E-state index >= 15 is 0 Å². The predicted molar refractivity (Wildman–Crippen MR) is 91.7 cm³/mol. The van der Waals surface area contributed by atoms with Crippen LogP contribution in [0.15, 0.2) is 42.5 Å². The number of thiocarbonyl (C=S) groups is 1. The third-order valence-electron chi connectivity index (χ3n) is 3.43. The molecule has 0 bridgehead atoms. The number of benzene rings is 2. The summed E-state index contributed by atoms with van der Waals surface area (Å²) in [6.07, 6.45) is 0.758. The van der Waals surface area contributed by atoms with E-state index in [1.807, 2.05) is 31.2 Å². The highest BCUT2D eigenvalue weighted by molar-refractivity contribution is 7.80. The molecule has 0 aromatic heterocycles. The van der Waals surface area contributed by atoms with Gasteiger partial charge >= 0.3 is 0 Å². The van der Waals surface area contributed by atoms with E-state index in [4.69, 9.17) is 17.0 Å². The summed E-state index contributed by atoms with van der Waals surface area (Å²) in [4.78, 5) is 0. The minimum Gasteiger partial charge on any atom is -0.497 e. The zero-order valence-corrected chi connectivity index (χ0v) is 13.7. The van der Waals surface area contributed by atoms with Crippen molar-refractivity contribution in [2.45, 2.75) is 19.4 Å². The van der Waals surface area contributed by atoms with Gasteiger partial charge in [0.15, 0.2) is 5.11 Å². The fourth-order valence-electron chi connectivity index (χ4n) is 2.18. The molecule has 0 saturated carbocycles. The van der Waals surface area contributed by atoms with Gasteiger partial charge in [0.25, 0.3) is 0 Å². The molecule has 0 unspecified atom stereocenters. The van der Waals surface area contributed by atoms with E-state index in [9.17, 15) is 8.78 Å². The van der Waals surface area contributed by atoms with Crippen molar-refractivity contribution in [3.05, 3.63) is 59.7 Å². The van der Waals surface area contributed by atoms with Crippen LogP contribution in [0, 0.1) is 11.6 Å². The van der Waals surface area contributed by atoms with Crippen LogP contribution in [0.4, 0.5) is 14.5 Å². The topological polar surface area (TPSA) is 33.3 Å². The third kappa shape index (κ3) is 4.39. The third-order valence-corrected chi connectivity index (χ3v) is 3.65. The Morgan fingerprint density at radius 3 is 2.26 bits per heavy atom. The number of para-hydroxylation sites is 1. The second-order valence-corrected chi connectivity index (χ2v) is 5.34. The van der Waals surface area contributed by atoms with Crippen LogP contribution in [0.25, 0.3) is 0 Å². The Balaban J connectivity index is 2.07. The van der Waals surface area contributed by atoms with E-state index in [0.29, 0.717) is 0 Å². The van der Waals surface area contributed by atoms with Crippen LogP contribution in [-0.2, 0) is 0 Å². The van der Waals surface area contributed by atoms with Gasteiger partial charge in [0.2, 0.25) is 0 Å². The van der Waals surface area contributed by atoms with Gasteiger partial charge < -0.3 is 15.4 Å². The molecule has 0 spiro atoms. The molecule has 2 N–H and O–H groups in total. The molecular formula is C17H18F2N2OS. The van der Waals surface area contributed by atoms with E-state index in [0.717, 1.165) is 17.7 Å². The van der Waals surface area contributed by atoms with Crippen molar-refractivity contribution in [1.82, 2.24) is 5.32 Å². The highest BCUT2D eigenvalue weighted by atomic mass is 32.1. The van der Waals surface area contributed by atoms with E-state index in [1.165, 1.54) is 18.2 Å². The average molecular weight is 336 g/mol. The molecule has 0 amide bonds. The molecule has 3 nitrogen and oxygen atoms in total. The van der Waals surface area contributed by atoms with Gasteiger partial charge in [-0.2, -0.15) is 0 Å². The zero-order valence-electron chi connectivity index (χ0n) is 12.9. The number of hydrogen-bond acceptors (Lipinski definition) is 2. The minimum absolute atomic E-state index is 0.0734. The van der Waals surface area contributed by atoms with Gasteiger partial charge in [0.05, 0.1) is 13.2 Å². The Kier molecular flexibility index (Phi) is 5.87. The summed E-state index contributed by atoms with van der Waals surface area (Å²) in [5.41, 5.74) is 0.751. The molecule has 1 atom stereocenters. The van der Waals surface area contributed by atoms with Gasteiger partial charge in [0, 0.05) is 0 Å². The van der Waals surface area contributed by atoms with Crippen molar-refractivity contribution in [3.63, 3.8) is 0 Å². The van der Waals surface area contributed by atoms with Crippen LogP contribution in [-0.4, -0.2) is 12.2 Å². The minimum atomic E-state index is -0.688. The molecule has 0 saturated heterocycles. The molecule has 0 aliphatic rings.